The number of carbonyl (C=O) groups excluding carboxylic acids is 2. The van der Waals surface area contributed by atoms with Gasteiger partial charge in [-0.3, -0.25) is 24.6 Å². The fraction of sp³-hybridized carbons (Fsp3) is 0.429. The second kappa shape index (κ2) is 11.7. The minimum absolute atomic E-state index is 0.0296. The molecule has 38 heavy (non-hydrogen) atoms. The molecule has 2 saturated heterocycles. The van der Waals surface area contributed by atoms with E-state index in [-0.39, 0.29) is 23.1 Å². The zero-order chi connectivity index (χ0) is 27.4. The number of morpholine rings is 1. The minimum atomic E-state index is -0.868. The molecule has 2 aromatic rings. The second-order valence-electron chi connectivity index (χ2n) is 9.80. The highest BCUT2D eigenvalue weighted by Gasteiger charge is 2.46. The summed E-state index contributed by atoms with van der Waals surface area (Å²) in [5, 5.41) is 22.5. The number of hydrogen-bond acceptors (Lipinski definition) is 8. The number of non-ortho nitro benzene ring substituents is 1. The van der Waals surface area contributed by atoms with Crippen molar-refractivity contribution in [2.45, 2.75) is 39.3 Å². The van der Waals surface area contributed by atoms with Crippen LogP contribution in [0, 0.1) is 17.0 Å². The Morgan fingerprint density at radius 1 is 1.13 bits per heavy atom. The number of rotatable bonds is 9. The van der Waals surface area contributed by atoms with Gasteiger partial charge in [0.1, 0.15) is 11.5 Å². The second-order valence-corrected chi connectivity index (χ2v) is 9.80. The summed E-state index contributed by atoms with van der Waals surface area (Å²) < 4.78 is 11.2. The van der Waals surface area contributed by atoms with Crippen LogP contribution in [0.1, 0.15) is 43.0 Å². The molecule has 202 valence electrons. The van der Waals surface area contributed by atoms with Crippen LogP contribution in [0.3, 0.4) is 0 Å². The summed E-state index contributed by atoms with van der Waals surface area (Å²) in [6.07, 6.45) is 0.592. The van der Waals surface area contributed by atoms with Crippen molar-refractivity contribution in [2.24, 2.45) is 0 Å². The molecule has 0 saturated carbocycles. The summed E-state index contributed by atoms with van der Waals surface area (Å²) in [6, 6.07) is 9.96. The molecule has 1 unspecified atom stereocenters. The average molecular weight is 524 g/mol. The Labute approximate surface area is 221 Å². The van der Waals surface area contributed by atoms with E-state index in [2.05, 4.69) is 4.90 Å². The van der Waals surface area contributed by atoms with Crippen LogP contribution in [0.15, 0.2) is 48.0 Å². The number of aliphatic hydroxyl groups is 1. The molecule has 0 radical (unpaired) electrons. The van der Waals surface area contributed by atoms with E-state index in [0.717, 1.165) is 25.2 Å². The Morgan fingerprint density at radius 3 is 2.42 bits per heavy atom. The molecule has 1 atom stereocenters. The number of nitro groups is 1. The standard InChI is InChI=1S/C28H33N3O7/c1-18(2)38-23-10-7-21(17-19(23)3)26(32)24-25(20-5-8-22(9-6-20)31(35)36)30(28(34)27(24)33)12-4-11-29-13-15-37-16-14-29/h5-10,17-18,25,32H,4,11-16H2,1-3H3/b26-24-. The van der Waals surface area contributed by atoms with Crippen LogP contribution in [0.5, 0.6) is 5.75 Å². The number of likely N-dealkylation sites (tertiary alicyclic amines) is 1. The van der Waals surface area contributed by atoms with E-state index in [4.69, 9.17) is 9.47 Å². The van der Waals surface area contributed by atoms with E-state index < -0.39 is 22.7 Å². The highest BCUT2D eigenvalue weighted by molar-refractivity contribution is 6.46. The number of carbonyl (C=O) groups is 2. The Kier molecular flexibility index (Phi) is 8.43. The first kappa shape index (κ1) is 27.3. The molecule has 2 aliphatic rings. The van der Waals surface area contributed by atoms with Crippen molar-refractivity contribution >= 4 is 23.1 Å². The minimum Gasteiger partial charge on any atom is -0.507 e. The van der Waals surface area contributed by atoms with Gasteiger partial charge in [-0.15, -0.1) is 0 Å². The molecule has 2 aliphatic heterocycles. The van der Waals surface area contributed by atoms with Gasteiger partial charge in [-0.2, -0.15) is 0 Å². The van der Waals surface area contributed by atoms with Crippen LogP contribution < -0.4 is 4.74 Å². The largest absolute Gasteiger partial charge is 0.507 e. The Balaban J connectivity index is 1.69. The van der Waals surface area contributed by atoms with Crippen LogP contribution in [-0.4, -0.2) is 77.0 Å². The van der Waals surface area contributed by atoms with Crippen LogP contribution in [0.2, 0.25) is 0 Å². The van der Waals surface area contributed by atoms with Gasteiger partial charge in [-0.05, 0) is 68.7 Å². The van der Waals surface area contributed by atoms with Gasteiger partial charge in [0.2, 0.25) is 0 Å². The van der Waals surface area contributed by atoms with Crippen molar-refractivity contribution in [1.29, 1.82) is 0 Å². The van der Waals surface area contributed by atoms with Crippen molar-refractivity contribution in [3.05, 3.63) is 74.8 Å². The molecule has 0 spiro atoms. The summed E-state index contributed by atoms with van der Waals surface area (Å²) in [4.78, 5) is 40.9. The molecule has 2 fully saturated rings. The molecule has 0 aromatic heterocycles. The molecule has 2 aromatic carbocycles. The lowest BCUT2D eigenvalue weighted by Crippen LogP contribution is -2.38. The number of ether oxygens (including phenoxy) is 2. The van der Waals surface area contributed by atoms with Crippen molar-refractivity contribution < 1.29 is 29.1 Å². The predicted molar refractivity (Wildman–Crippen MR) is 141 cm³/mol. The zero-order valence-electron chi connectivity index (χ0n) is 21.9. The Morgan fingerprint density at radius 2 is 1.82 bits per heavy atom. The van der Waals surface area contributed by atoms with Crippen molar-refractivity contribution in [2.75, 3.05) is 39.4 Å². The van der Waals surface area contributed by atoms with Gasteiger partial charge in [0.25, 0.3) is 17.4 Å². The maximum Gasteiger partial charge on any atom is 0.295 e. The molecule has 0 aliphatic carbocycles. The van der Waals surface area contributed by atoms with Gasteiger partial charge in [0.15, 0.2) is 0 Å². The molecular weight excluding hydrogens is 490 g/mol. The molecule has 1 amide bonds. The molecule has 4 rings (SSSR count). The summed E-state index contributed by atoms with van der Waals surface area (Å²) in [5.41, 5.74) is 1.53. The number of aliphatic hydroxyl groups excluding tert-OH is 1. The maximum absolute atomic E-state index is 13.3. The van der Waals surface area contributed by atoms with E-state index in [1.54, 1.807) is 18.2 Å². The molecular formula is C28H33N3O7. The lowest BCUT2D eigenvalue weighted by molar-refractivity contribution is -0.384. The average Bonchev–Trinajstić information content (AvgIpc) is 3.15. The molecule has 1 N–H and O–H groups in total. The first-order valence-corrected chi connectivity index (χ1v) is 12.8. The summed E-state index contributed by atoms with van der Waals surface area (Å²) in [6.45, 7) is 9.63. The van der Waals surface area contributed by atoms with Crippen molar-refractivity contribution in [3.63, 3.8) is 0 Å². The summed E-state index contributed by atoms with van der Waals surface area (Å²) in [7, 11) is 0. The highest BCUT2D eigenvalue weighted by Crippen LogP contribution is 2.40. The van der Waals surface area contributed by atoms with Gasteiger partial charge in [-0.25, -0.2) is 0 Å². The number of nitrogens with zero attached hydrogens (tertiary/aromatic N) is 3. The predicted octanol–water partition coefficient (Wildman–Crippen LogP) is 3.83. The fourth-order valence-corrected chi connectivity index (χ4v) is 4.86. The van der Waals surface area contributed by atoms with Crippen LogP contribution in [0.25, 0.3) is 5.76 Å². The third-order valence-corrected chi connectivity index (χ3v) is 6.75. The van der Waals surface area contributed by atoms with Gasteiger partial charge >= 0.3 is 0 Å². The Bertz CT molecular complexity index is 1230. The first-order valence-electron chi connectivity index (χ1n) is 12.8. The highest BCUT2D eigenvalue weighted by atomic mass is 16.6. The number of hydrogen-bond donors (Lipinski definition) is 1. The molecule has 0 bridgehead atoms. The van der Waals surface area contributed by atoms with Crippen LogP contribution >= 0.6 is 0 Å². The number of ketones is 1. The quantitative estimate of drug-likeness (QED) is 0.173. The summed E-state index contributed by atoms with van der Waals surface area (Å²) >= 11 is 0. The number of aryl methyl sites for hydroxylation is 1. The van der Waals surface area contributed by atoms with E-state index >= 15 is 0 Å². The van der Waals surface area contributed by atoms with Crippen molar-refractivity contribution in [1.82, 2.24) is 9.80 Å². The number of benzene rings is 2. The third-order valence-electron chi connectivity index (χ3n) is 6.75. The molecule has 2 heterocycles. The third kappa shape index (κ3) is 5.87. The topological polar surface area (TPSA) is 122 Å². The molecule has 10 heteroatoms. The number of nitro benzene ring substituents is 1. The van der Waals surface area contributed by atoms with E-state index in [1.807, 2.05) is 20.8 Å². The van der Waals surface area contributed by atoms with Gasteiger partial charge in [0.05, 0.1) is 35.9 Å². The smallest absolute Gasteiger partial charge is 0.295 e. The van der Waals surface area contributed by atoms with Crippen LogP contribution in [-0.2, 0) is 14.3 Å². The van der Waals surface area contributed by atoms with Gasteiger partial charge in [-0.1, -0.05) is 0 Å². The normalized spacial score (nSPS) is 19.8. The maximum atomic E-state index is 13.3. The number of amides is 1. The summed E-state index contributed by atoms with van der Waals surface area (Å²) in [5.74, 6) is -1.11. The molecule has 10 nitrogen and oxygen atoms in total. The zero-order valence-corrected chi connectivity index (χ0v) is 21.9. The monoisotopic (exact) mass is 523 g/mol. The number of Topliss-reactive ketones (excluding diaryl/α,β-unsaturated/α-hetero) is 1. The van der Waals surface area contributed by atoms with E-state index in [0.29, 0.717) is 43.1 Å². The lowest BCUT2D eigenvalue weighted by atomic mass is 9.94. The fourth-order valence-electron chi connectivity index (χ4n) is 4.86. The van der Waals surface area contributed by atoms with E-state index in [9.17, 15) is 24.8 Å². The van der Waals surface area contributed by atoms with Crippen LogP contribution in [0.4, 0.5) is 5.69 Å². The van der Waals surface area contributed by atoms with Gasteiger partial charge in [0, 0.05) is 43.9 Å². The van der Waals surface area contributed by atoms with Gasteiger partial charge < -0.3 is 19.5 Å². The lowest BCUT2D eigenvalue weighted by Gasteiger charge is -2.29. The van der Waals surface area contributed by atoms with Crippen molar-refractivity contribution in [3.8, 4) is 5.75 Å². The first-order chi connectivity index (χ1) is 18.2. The SMILES string of the molecule is Cc1cc(/C(O)=C2/C(=O)C(=O)N(CCCN3CCOCC3)C2c2ccc([N+](=O)[O-])cc2)ccc1OC(C)C. The Hall–Kier alpha value is -3.76. The van der Waals surface area contributed by atoms with E-state index in [1.165, 1.54) is 29.2 Å².